The summed E-state index contributed by atoms with van der Waals surface area (Å²) in [6.45, 7) is 5.11. The van der Waals surface area contributed by atoms with Gasteiger partial charge in [-0.3, -0.25) is 19.4 Å². The molecular formula is C33H38ClN5O5. The molecule has 0 radical (unpaired) electrons. The van der Waals surface area contributed by atoms with E-state index < -0.39 is 6.09 Å². The van der Waals surface area contributed by atoms with Crippen LogP contribution in [0.25, 0.3) is 5.57 Å². The van der Waals surface area contributed by atoms with Crippen molar-refractivity contribution < 1.29 is 24.2 Å². The van der Waals surface area contributed by atoms with Crippen LogP contribution in [-0.4, -0.2) is 107 Å². The van der Waals surface area contributed by atoms with Gasteiger partial charge in [0.2, 0.25) is 0 Å². The third kappa shape index (κ3) is 6.93. The van der Waals surface area contributed by atoms with E-state index in [9.17, 15) is 14.4 Å². The molecule has 6 rings (SSSR count). The molecule has 44 heavy (non-hydrogen) atoms. The Labute approximate surface area is 262 Å². The molecule has 0 aromatic heterocycles. The minimum Gasteiger partial charge on any atom is -0.465 e. The molecule has 10 nitrogen and oxygen atoms in total. The van der Waals surface area contributed by atoms with E-state index in [0.717, 1.165) is 43.5 Å². The average molecular weight is 620 g/mol. The summed E-state index contributed by atoms with van der Waals surface area (Å²) in [4.78, 5) is 44.6. The molecule has 2 bridgehead atoms. The Kier molecular flexibility index (Phi) is 9.20. The molecule has 1 aromatic rings. The van der Waals surface area contributed by atoms with Crippen molar-refractivity contribution >= 4 is 35.0 Å². The van der Waals surface area contributed by atoms with Crippen LogP contribution in [0.4, 0.5) is 4.79 Å². The monoisotopic (exact) mass is 619 g/mol. The fraction of sp³-hybridized carbons (Fsp3) is 0.424. The number of ether oxygens (including phenoxy) is 1. The second-order valence-electron chi connectivity index (χ2n) is 11.8. The minimum absolute atomic E-state index is 0.0788. The summed E-state index contributed by atoms with van der Waals surface area (Å²) in [6, 6.07) is 6.27. The number of piperazine rings is 1. The zero-order chi connectivity index (χ0) is 30.6. The van der Waals surface area contributed by atoms with Crippen LogP contribution in [-0.2, 0) is 9.53 Å². The van der Waals surface area contributed by atoms with Gasteiger partial charge in [-0.1, -0.05) is 35.9 Å². The predicted molar refractivity (Wildman–Crippen MR) is 168 cm³/mol. The van der Waals surface area contributed by atoms with Crippen molar-refractivity contribution in [3.05, 3.63) is 88.6 Å². The lowest BCUT2D eigenvalue weighted by atomic mass is 9.91. The van der Waals surface area contributed by atoms with Crippen LogP contribution in [0.1, 0.15) is 41.6 Å². The summed E-state index contributed by atoms with van der Waals surface area (Å²) in [5.74, 6) is 0.646. The van der Waals surface area contributed by atoms with E-state index in [-0.39, 0.29) is 11.7 Å². The summed E-state index contributed by atoms with van der Waals surface area (Å²) < 4.78 is 5.71. The number of carboxylic acid groups (broad SMARTS) is 1. The fourth-order valence-corrected chi connectivity index (χ4v) is 6.89. The molecule has 2 atom stereocenters. The molecule has 2 unspecified atom stereocenters. The third-order valence-corrected chi connectivity index (χ3v) is 9.31. The molecule has 5 aliphatic rings. The number of rotatable bonds is 9. The van der Waals surface area contributed by atoms with E-state index in [1.807, 2.05) is 30.6 Å². The Hall–Kier alpha value is -3.86. The van der Waals surface area contributed by atoms with Crippen LogP contribution < -0.4 is 5.32 Å². The molecule has 2 N–H and O–H groups in total. The number of benzene rings is 1. The van der Waals surface area contributed by atoms with Crippen molar-refractivity contribution in [2.75, 3.05) is 52.4 Å². The molecule has 0 spiro atoms. The van der Waals surface area contributed by atoms with E-state index in [1.165, 1.54) is 10.5 Å². The van der Waals surface area contributed by atoms with Crippen molar-refractivity contribution in [2.45, 2.75) is 37.8 Å². The summed E-state index contributed by atoms with van der Waals surface area (Å²) in [7, 11) is 0. The van der Waals surface area contributed by atoms with E-state index in [4.69, 9.17) is 21.4 Å². The van der Waals surface area contributed by atoms with Crippen LogP contribution in [0.5, 0.6) is 0 Å². The van der Waals surface area contributed by atoms with Crippen molar-refractivity contribution in [3.63, 3.8) is 0 Å². The molecule has 2 saturated heterocycles. The lowest BCUT2D eigenvalue weighted by Gasteiger charge is -2.36. The highest BCUT2D eigenvalue weighted by atomic mass is 35.5. The highest BCUT2D eigenvalue weighted by molar-refractivity contribution is 6.31. The standard InChI is InChI=1S/C33H38ClN5O5/c34-25-4-7-29(30(21-25)32(41)35-8-9-36-10-13-38(14-11-36)33(42)43)24-18-26-5-6-27(19-24)39(26)15-12-37-16-17-44-31(22-37)23-2-1-3-28(40)20-23/h1-4,7,16-18,21-22,26-27H,5-6,8-15,19-20H2,(H,35,41)(H,42,43). The quantitative estimate of drug-likeness (QED) is 0.426. The van der Waals surface area contributed by atoms with Gasteiger partial charge in [-0.2, -0.15) is 0 Å². The van der Waals surface area contributed by atoms with E-state index >= 15 is 0 Å². The Bertz CT molecular complexity index is 1460. The van der Waals surface area contributed by atoms with Gasteiger partial charge in [0.05, 0.1) is 0 Å². The first-order valence-corrected chi connectivity index (χ1v) is 15.7. The number of hydrogen-bond acceptors (Lipinski definition) is 7. The van der Waals surface area contributed by atoms with Gasteiger partial charge in [0.1, 0.15) is 12.0 Å². The number of nitrogens with one attached hydrogen (secondary N) is 1. The summed E-state index contributed by atoms with van der Waals surface area (Å²) in [5, 5.41) is 12.7. The SMILES string of the molecule is O=C1C=CC=C(C2=CN(CCN3C4C=C(c5ccc(Cl)cc5C(=O)NCCN5CCN(C(=O)O)CC5)CC3CC4)C=CO2)C1. The van der Waals surface area contributed by atoms with Crippen LogP contribution in [0.15, 0.2) is 72.5 Å². The van der Waals surface area contributed by atoms with Gasteiger partial charge in [0.25, 0.3) is 5.91 Å². The van der Waals surface area contributed by atoms with Crippen LogP contribution in [0.2, 0.25) is 5.02 Å². The first kappa shape index (κ1) is 30.2. The number of ketones is 1. The third-order valence-electron chi connectivity index (χ3n) is 9.08. The molecule has 0 saturated carbocycles. The number of hydrogen-bond donors (Lipinski definition) is 2. The molecule has 11 heteroatoms. The average Bonchev–Trinajstić information content (AvgIpc) is 3.26. The zero-order valence-electron chi connectivity index (χ0n) is 24.7. The molecular weight excluding hydrogens is 582 g/mol. The predicted octanol–water partition coefficient (Wildman–Crippen LogP) is 4.09. The van der Waals surface area contributed by atoms with Crippen LogP contribution >= 0.6 is 11.6 Å². The second kappa shape index (κ2) is 13.4. The van der Waals surface area contributed by atoms with Gasteiger partial charge >= 0.3 is 6.09 Å². The maximum Gasteiger partial charge on any atom is 0.407 e. The largest absolute Gasteiger partial charge is 0.465 e. The maximum atomic E-state index is 13.4. The molecule has 4 aliphatic heterocycles. The minimum atomic E-state index is -0.884. The first-order valence-electron chi connectivity index (χ1n) is 15.3. The van der Waals surface area contributed by atoms with E-state index in [0.29, 0.717) is 74.1 Å². The van der Waals surface area contributed by atoms with Crippen molar-refractivity contribution in [3.8, 4) is 0 Å². The highest BCUT2D eigenvalue weighted by Crippen LogP contribution is 2.39. The van der Waals surface area contributed by atoms with Crippen molar-refractivity contribution in [1.82, 2.24) is 24.9 Å². The maximum absolute atomic E-state index is 13.4. The van der Waals surface area contributed by atoms with Crippen LogP contribution in [0, 0.1) is 0 Å². The van der Waals surface area contributed by atoms with Crippen molar-refractivity contribution in [2.24, 2.45) is 0 Å². The molecule has 1 aromatic carbocycles. The lowest BCUT2D eigenvalue weighted by Crippen LogP contribution is -2.49. The van der Waals surface area contributed by atoms with Gasteiger partial charge in [-0.15, -0.1) is 0 Å². The Morgan fingerprint density at radius 2 is 1.91 bits per heavy atom. The Morgan fingerprint density at radius 3 is 2.68 bits per heavy atom. The lowest BCUT2D eigenvalue weighted by molar-refractivity contribution is -0.114. The first-order chi connectivity index (χ1) is 21.3. The smallest absolute Gasteiger partial charge is 0.407 e. The Balaban J connectivity index is 1.06. The number of fused-ring (bicyclic) bond motifs is 2. The number of nitrogens with zero attached hydrogens (tertiary/aromatic N) is 4. The van der Waals surface area contributed by atoms with Gasteiger partial charge in [0.15, 0.2) is 5.78 Å². The van der Waals surface area contributed by atoms with Gasteiger partial charge in [-0.25, -0.2) is 4.79 Å². The second-order valence-corrected chi connectivity index (χ2v) is 12.3. The molecule has 2 fully saturated rings. The summed E-state index contributed by atoms with van der Waals surface area (Å²) in [5.41, 5.74) is 3.61. The zero-order valence-corrected chi connectivity index (χ0v) is 25.4. The number of halogens is 1. The van der Waals surface area contributed by atoms with Gasteiger partial charge in [-0.05, 0) is 48.6 Å². The molecule has 232 valence electrons. The normalized spacial score (nSPS) is 23.7. The number of amides is 2. The fourth-order valence-electron chi connectivity index (χ4n) is 6.72. The van der Waals surface area contributed by atoms with Crippen molar-refractivity contribution in [1.29, 1.82) is 0 Å². The molecule has 2 amide bonds. The van der Waals surface area contributed by atoms with Crippen LogP contribution in [0.3, 0.4) is 0 Å². The highest BCUT2D eigenvalue weighted by Gasteiger charge is 2.37. The topological polar surface area (TPSA) is 106 Å². The summed E-state index contributed by atoms with van der Waals surface area (Å²) in [6.07, 6.45) is 15.7. The number of allylic oxidation sites excluding steroid dienone is 4. The Morgan fingerprint density at radius 1 is 1.07 bits per heavy atom. The molecule has 4 heterocycles. The van der Waals surface area contributed by atoms with Gasteiger partial charge < -0.3 is 25.0 Å². The van der Waals surface area contributed by atoms with E-state index in [2.05, 4.69) is 26.1 Å². The number of carbonyl (C=O) groups is 3. The van der Waals surface area contributed by atoms with Gasteiger partial charge in [0, 0.05) is 99.4 Å². The summed E-state index contributed by atoms with van der Waals surface area (Å²) >= 11 is 6.35. The van der Waals surface area contributed by atoms with E-state index in [1.54, 1.807) is 24.5 Å². The molecule has 1 aliphatic carbocycles. The number of carbonyl (C=O) groups excluding carboxylic acids is 2.